The zero-order chi connectivity index (χ0) is 18.2. The highest BCUT2D eigenvalue weighted by molar-refractivity contribution is 7.99. The molecule has 3 rings (SSSR count). The third-order valence-electron chi connectivity index (χ3n) is 4.55. The lowest BCUT2D eigenvalue weighted by Gasteiger charge is -2.32. The van der Waals surface area contributed by atoms with Crippen molar-refractivity contribution in [3.05, 3.63) is 66.2 Å². The quantitative estimate of drug-likeness (QED) is 0.793. The SMILES string of the molecule is O=C(NC1CCN(C(=O)CCSc2ccccc2)CC1)c1ccccc1. The number of carbonyl (C=O) groups excluding carboxylic acids is 2. The van der Waals surface area contributed by atoms with Gasteiger partial charge in [-0.25, -0.2) is 0 Å². The summed E-state index contributed by atoms with van der Waals surface area (Å²) in [5.41, 5.74) is 0.684. The van der Waals surface area contributed by atoms with Gasteiger partial charge >= 0.3 is 0 Å². The van der Waals surface area contributed by atoms with Crippen LogP contribution in [0.3, 0.4) is 0 Å². The van der Waals surface area contributed by atoms with E-state index in [-0.39, 0.29) is 17.9 Å². The second-order valence-corrected chi connectivity index (χ2v) is 7.57. The number of hydrogen-bond donors (Lipinski definition) is 1. The Hall–Kier alpha value is -2.27. The Balaban J connectivity index is 1.37. The van der Waals surface area contributed by atoms with Crippen LogP contribution >= 0.6 is 11.8 Å². The molecule has 2 aromatic rings. The van der Waals surface area contributed by atoms with Crippen molar-refractivity contribution in [1.29, 1.82) is 0 Å². The Bertz CT molecular complexity index is 713. The van der Waals surface area contributed by atoms with Crippen molar-refractivity contribution in [2.24, 2.45) is 0 Å². The van der Waals surface area contributed by atoms with Gasteiger partial charge in [0.1, 0.15) is 0 Å². The van der Waals surface area contributed by atoms with Crippen LogP contribution in [0.25, 0.3) is 0 Å². The molecule has 0 aliphatic carbocycles. The van der Waals surface area contributed by atoms with Gasteiger partial charge in [-0.1, -0.05) is 36.4 Å². The normalized spacial score (nSPS) is 14.8. The molecular formula is C21H24N2O2S. The summed E-state index contributed by atoms with van der Waals surface area (Å²) in [5, 5.41) is 3.08. The molecule has 4 nitrogen and oxygen atoms in total. The van der Waals surface area contributed by atoms with E-state index < -0.39 is 0 Å². The first-order valence-corrected chi connectivity index (χ1v) is 10.0. The molecule has 0 bridgehead atoms. The fourth-order valence-electron chi connectivity index (χ4n) is 3.06. The standard InChI is InChI=1S/C21H24N2O2S/c24-20(13-16-26-19-9-5-2-6-10-19)23-14-11-18(12-15-23)22-21(25)17-7-3-1-4-8-17/h1-10,18H,11-16H2,(H,22,25). The van der Waals surface area contributed by atoms with Gasteiger partial charge in [-0.3, -0.25) is 9.59 Å². The molecule has 0 saturated carbocycles. The van der Waals surface area contributed by atoms with E-state index in [1.807, 2.05) is 53.4 Å². The van der Waals surface area contributed by atoms with E-state index in [4.69, 9.17) is 0 Å². The van der Waals surface area contributed by atoms with E-state index in [0.717, 1.165) is 18.6 Å². The monoisotopic (exact) mass is 368 g/mol. The number of nitrogens with zero attached hydrogens (tertiary/aromatic N) is 1. The Kier molecular flexibility index (Phi) is 6.72. The molecule has 5 heteroatoms. The van der Waals surface area contributed by atoms with Crippen molar-refractivity contribution >= 4 is 23.6 Å². The number of piperidine rings is 1. The largest absolute Gasteiger partial charge is 0.349 e. The van der Waals surface area contributed by atoms with E-state index in [0.29, 0.717) is 25.1 Å². The topological polar surface area (TPSA) is 49.4 Å². The minimum atomic E-state index is -0.0327. The number of amides is 2. The minimum Gasteiger partial charge on any atom is -0.349 e. The highest BCUT2D eigenvalue weighted by atomic mass is 32.2. The summed E-state index contributed by atoms with van der Waals surface area (Å²) in [5.74, 6) is 0.976. The summed E-state index contributed by atoms with van der Waals surface area (Å²) >= 11 is 1.71. The van der Waals surface area contributed by atoms with Crippen LogP contribution < -0.4 is 5.32 Å². The number of benzene rings is 2. The van der Waals surface area contributed by atoms with Gasteiger partial charge < -0.3 is 10.2 Å². The van der Waals surface area contributed by atoms with Gasteiger partial charge in [0.25, 0.3) is 5.91 Å². The maximum atomic E-state index is 12.4. The fourth-order valence-corrected chi connectivity index (χ4v) is 3.92. The molecule has 0 radical (unpaired) electrons. The maximum Gasteiger partial charge on any atom is 0.251 e. The number of likely N-dealkylation sites (tertiary alicyclic amines) is 1. The maximum absolute atomic E-state index is 12.4. The van der Waals surface area contributed by atoms with Crippen molar-refractivity contribution in [3.8, 4) is 0 Å². The molecule has 1 N–H and O–H groups in total. The van der Waals surface area contributed by atoms with Gasteiger partial charge in [0.05, 0.1) is 0 Å². The molecule has 0 atom stereocenters. The van der Waals surface area contributed by atoms with E-state index >= 15 is 0 Å². The van der Waals surface area contributed by atoms with Gasteiger partial charge in [-0.05, 0) is 37.1 Å². The highest BCUT2D eigenvalue weighted by Crippen LogP contribution is 2.19. The zero-order valence-electron chi connectivity index (χ0n) is 14.8. The molecular weight excluding hydrogens is 344 g/mol. The van der Waals surface area contributed by atoms with Gasteiger partial charge in [-0.15, -0.1) is 11.8 Å². The third-order valence-corrected chi connectivity index (χ3v) is 5.56. The number of thioether (sulfide) groups is 1. The van der Waals surface area contributed by atoms with E-state index in [1.165, 1.54) is 4.90 Å². The van der Waals surface area contributed by atoms with Crippen molar-refractivity contribution < 1.29 is 9.59 Å². The predicted octanol–water partition coefficient (Wildman–Crippen LogP) is 3.59. The van der Waals surface area contributed by atoms with Crippen LogP contribution in [0.4, 0.5) is 0 Å². The molecule has 0 aromatic heterocycles. The minimum absolute atomic E-state index is 0.0327. The van der Waals surface area contributed by atoms with Crippen LogP contribution in [0.2, 0.25) is 0 Å². The first kappa shape index (κ1) is 18.5. The molecule has 2 aromatic carbocycles. The van der Waals surface area contributed by atoms with Crippen LogP contribution in [0.5, 0.6) is 0 Å². The first-order valence-electron chi connectivity index (χ1n) is 9.04. The fraction of sp³-hybridized carbons (Fsp3) is 0.333. The third kappa shape index (κ3) is 5.36. The molecule has 1 heterocycles. The van der Waals surface area contributed by atoms with Crippen molar-refractivity contribution in [2.45, 2.75) is 30.2 Å². The molecule has 1 aliphatic rings. The lowest BCUT2D eigenvalue weighted by Crippen LogP contribution is -2.46. The molecule has 1 fully saturated rings. The number of rotatable bonds is 6. The van der Waals surface area contributed by atoms with Crippen LogP contribution in [0.1, 0.15) is 29.6 Å². The highest BCUT2D eigenvalue weighted by Gasteiger charge is 2.23. The molecule has 136 valence electrons. The lowest BCUT2D eigenvalue weighted by molar-refractivity contribution is -0.131. The average Bonchev–Trinajstić information content (AvgIpc) is 2.70. The van der Waals surface area contributed by atoms with Crippen LogP contribution in [0, 0.1) is 0 Å². The van der Waals surface area contributed by atoms with Crippen LogP contribution in [0.15, 0.2) is 65.6 Å². The predicted molar refractivity (Wildman–Crippen MR) is 105 cm³/mol. The number of carbonyl (C=O) groups is 2. The summed E-state index contributed by atoms with van der Waals surface area (Å²) in [6.07, 6.45) is 2.19. The van der Waals surface area contributed by atoms with Crippen LogP contribution in [-0.2, 0) is 4.79 Å². The Morgan fingerprint density at radius 2 is 1.58 bits per heavy atom. The second-order valence-electron chi connectivity index (χ2n) is 6.41. The van der Waals surface area contributed by atoms with Crippen LogP contribution in [-0.4, -0.2) is 41.6 Å². The van der Waals surface area contributed by atoms with Crippen molar-refractivity contribution in [3.63, 3.8) is 0 Å². The van der Waals surface area contributed by atoms with Gasteiger partial charge in [-0.2, -0.15) is 0 Å². The molecule has 26 heavy (non-hydrogen) atoms. The van der Waals surface area contributed by atoms with Crippen molar-refractivity contribution in [1.82, 2.24) is 10.2 Å². The lowest BCUT2D eigenvalue weighted by atomic mass is 10.0. The molecule has 0 unspecified atom stereocenters. The van der Waals surface area contributed by atoms with Gasteiger partial charge in [0.2, 0.25) is 5.91 Å². The van der Waals surface area contributed by atoms with E-state index in [1.54, 1.807) is 11.8 Å². The van der Waals surface area contributed by atoms with E-state index in [2.05, 4.69) is 17.4 Å². The second kappa shape index (κ2) is 9.43. The summed E-state index contributed by atoms with van der Waals surface area (Å²) < 4.78 is 0. The Morgan fingerprint density at radius 3 is 2.23 bits per heavy atom. The molecule has 1 saturated heterocycles. The number of nitrogens with one attached hydrogen (secondary N) is 1. The molecule has 2 amide bonds. The summed E-state index contributed by atoms with van der Waals surface area (Å²) in [4.78, 5) is 27.7. The molecule has 1 aliphatic heterocycles. The Morgan fingerprint density at radius 1 is 0.962 bits per heavy atom. The van der Waals surface area contributed by atoms with Gasteiger partial charge in [0.15, 0.2) is 0 Å². The first-order chi connectivity index (χ1) is 12.7. The smallest absolute Gasteiger partial charge is 0.251 e. The number of hydrogen-bond acceptors (Lipinski definition) is 3. The Labute approximate surface area is 159 Å². The van der Waals surface area contributed by atoms with Crippen molar-refractivity contribution in [2.75, 3.05) is 18.8 Å². The summed E-state index contributed by atoms with van der Waals surface area (Å²) in [7, 11) is 0. The molecule has 0 spiro atoms. The summed E-state index contributed by atoms with van der Waals surface area (Å²) in [6.45, 7) is 1.43. The zero-order valence-corrected chi connectivity index (χ0v) is 15.6. The average molecular weight is 369 g/mol. The van der Waals surface area contributed by atoms with E-state index in [9.17, 15) is 9.59 Å². The summed E-state index contributed by atoms with van der Waals surface area (Å²) in [6, 6.07) is 19.6. The van der Waals surface area contributed by atoms with Gasteiger partial charge in [0, 0.05) is 41.8 Å².